The second-order valence-electron chi connectivity index (χ2n) is 5.55. The van der Waals surface area contributed by atoms with E-state index >= 15 is 0 Å². The maximum atomic E-state index is 12.1. The van der Waals surface area contributed by atoms with E-state index in [1.165, 1.54) is 19.8 Å². The minimum atomic E-state index is -0.161. The monoisotopic (exact) mass is 298 g/mol. The zero-order chi connectivity index (χ0) is 15.5. The number of aromatic amines is 1. The fourth-order valence-corrected chi connectivity index (χ4v) is 2.35. The highest BCUT2D eigenvalue weighted by molar-refractivity contribution is 5.94. The van der Waals surface area contributed by atoms with Crippen LogP contribution >= 0.6 is 0 Å². The van der Waals surface area contributed by atoms with E-state index in [1.54, 1.807) is 6.07 Å². The number of benzene rings is 1. The van der Waals surface area contributed by atoms with Gasteiger partial charge < -0.3 is 10.6 Å². The molecule has 0 aliphatic heterocycles. The van der Waals surface area contributed by atoms with Crippen LogP contribution in [0.15, 0.2) is 30.3 Å². The van der Waals surface area contributed by atoms with Gasteiger partial charge in [0.1, 0.15) is 0 Å². The third-order valence-electron chi connectivity index (χ3n) is 3.56. The van der Waals surface area contributed by atoms with Crippen molar-refractivity contribution in [2.24, 2.45) is 0 Å². The van der Waals surface area contributed by atoms with Crippen molar-refractivity contribution in [1.29, 1.82) is 0 Å². The molecule has 114 valence electrons. The Bertz CT molecular complexity index is 704. The Kier molecular flexibility index (Phi) is 3.91. The summed E-state index contributed by atoms with van der Waals surface area (Å²) in [5.41, 5.74) is 2.51. The number of H-pyrrole nitrogens is 1. The van der Waals surface area contributed by atoms with Crippen molar-refractivity contribution in [2.45, 2.75) is 32.1 Å². The molecule has 0 bridgehead atoms. The normalized spacial score (nSPS) is 13.7. The second-order valence-corrected chi connectivity index (χ2v) is 5.55. The van der Waals surface area contributed by atoms with Gasteiger partial charge in [-0.15, -0.1) is 0 Å². The van der Waals surface area contributed by atoms with Crippen LogP contribution in [0.2, 0.25) is 0 Å². The quantitative estimate of drug-likeness (QED) is 0.792. The number of anilines is 2. The third-order valence-corrected chi connectivity index (χ3v) is 3.56. The Labute approximate surface area is 128 Å². The molecule has 1 fully saturated rings. The molecular weight excluding hydrogens is 280 g/mol. The number of para-hydroxylation sites is 1. The van der Waals surface area contributed by atoms with E-state index in [0.29, 0.717) is 17.4 Å². The number of nitrogens with zero attached hydrogens (tertiary/aromatic N) is 1. The Morgan fingerprint density at radius 2 is 2.05 bits per heavy atom. The van der Waals surface area contributed by atoms with Gasteiger partial charge in [-0.1, -0.05) is 18.2 Å². The molecule has 22 heavy (non-hydrogen) atoms. The molecule has 1 saturated carbocycles. The van der Waals surface area contributed by atoms with Crippen LogP contribution in [-0.2, 0) is 16.0 Å². The summed E-state index contributed by atoms with van der Waals surface area (Å²) >= 11 is 0. The van der Waals surface area contributed by atoms with E-state index in [4.69, 9.17) is 0 Å². The number of nitrogens with one attached hydrogen (secondary N) is 3. The minimum absolute atomic E-state index is 0.158. The first kappa shape index (κ1) is 14.3. The highest BCUT2D eigenvalue weighted by atomic mass is 16.2. The van der Waals surface area contributed by atoms with Gasteiger partial charge in [-0.25, -0.2) is 0 Å². The molecule has 0 spiro atoms. The van der Waals surface area contributed by atoms with Crippen molar-refractivity contribution >= 4 is 23.3 Å². The molecule has 3 N–H and O–H groups in total. The Hall–Kier alpha value is -2.63. The summed E-state index contributed by atoms with van der Waals surface area (Å²) in [5.74, 6) is 0.795. The lowest BCUT2D eigenvalue weighted by Crippen LogP contribution is -2.16. The number of hydrogen-bond donors (Lipinski definition) is 3. The van der Waals surface area contributed by atoms with Crippen LogP contribution in [0.1, 0.15) is 36.9 Å². The lowest BCUT2D eigenvalue weighted by Gasteiger charge is -2.09. The number of aromatic nitrogens is 2. The number of rotatable bonds is 5. The SMILES string of the molecule is CC(=O)Nc1ccccc1CC(=O)Nc1cc(C2CC2)[nH]n1. The van der Waals surface area contributed by atoms with Crippen molar-refractivity contribution in [3.8, 4) is 0 Å². The molecule has 1 aliphatic carbocycles. The zero-order valence-electron chi connectivity index (χ0n) is 12.3. The van der Waals surface area contributed by atoms with Gasteiger partial charge in [-0.3, -0.25) is 14.7 Å². The van der Waals surface area contributed by atoms with E-state index in [1.807, 2.05) is 24.3 Å². The van der Waals surface area contributed by atoms with Gasteiger partial charge in [0.2, 0.25) is 11.8 Å². The highest BCUT2D eigenvalue weighted by Crippen LogP contribution is 2.39. The maximum Gasteiger partial charge on any atom is 0.230 e. The van der Waals surface area contributed by atoms with Gasteiger partial charge in [0, 0.05) is 30.3 Å². The molecule has 0 radical (unpaired) electrons. The summed E-state index contributed by atoms with van der Waals surface area (Å²) in [6.07, 6.45) is 2.54. The number of amides is 2. The molecule has 1 aromatic heterocycles. The number of carbonyl (C=O) groups excluding carboxylic acids is 2. The summed E-state index contributed by atoms with van der Waals surface area (Å²) in [5, 5.41) is 12.6. The molecule has 3 rings (SSSR count). The largest absolute Gasteiger partial charge is 0.326 e. The van der Waals surface area contributed by atoms with Gasteiger partial charge in [-0.05, 0) is 24.5 Å². The van der Waals surface area contributed by atoms with Gasteiger partial charge in [0.25, 0.3) is 0 Å². The molecule has 6 heteroatoms. The average molecular weight is 298 g/mol. The van der Waals surface area contributed by atoms with E-state index in [2.05, 4.69) is 20.8 Å². The van der Waals surface area contributed by atoms with Crippen LogP contribution in [0.25, 0.3) is 0 Å². The predicted molar refractivity (Wildman–Crippen MR) is 83.6 cm³/mol. The van der Waals surface area contributed by atoms with Gasteiger partial charge in [0.15, 0.2) is 5.82 Å². The van der Waals surface area contributed by atoms with E-state index in [-0.39, 0.29) is 18.2 Å². The summed E-state index contributed by atoms with van der Waals surface area (Å²) in [4.78, 5) is 23.3. The Morgan fingerprint density at radius 1 is 1.27 bits per heavy atom. The topological polar surface area (TPSA) is 86.9 Å². The van der Waals surface area contributed by atoms with E-state index < -0.39 is 0 Å². The molecule has 2 amide bonds. The Balaban J connectivity index is 1.64. The first-order valence-electron chi connectivity index (χ1n) is 7.32. The first-order valence-corrected chi connectivity index (χ1v) is 7.32. The summed E-state index contributed by atoms with van der Waals surface area (Å²) in [6.45, 7) is 1.44. The zero-order valence-corrected chi connectivity index (χ0v) is 12.3. The molecule has 0 atom stereocenters. The standard InChI is InChI=1S/C16H18N4O2/c1-10(21)17-13-5-3-2-4-12(13)8-16(22)18-15-9-14(19-20-15)11-6-7-11/h2-5,9,11H,6-8H2,1H3,(H,17,21)(H2,18,19,20,22). The summed E-state index contributed by atoms with van der Waals surface area (Å²) < 4.78 is 0. The summed E-state index contributed by atoms with van der Waals surface area (Å²) in [7, 11) is 0. The van der Waals surface area contributed by atoms with Crippen molar-refractivity contribution < 1.29 is 9.59 Å². The van der Waals surface area contributed by atoms with Crippen LogP contribution in [0.5, 0.6) is 0 Å². The van der Waals surface area contributed by atoms with Gasteiger partial charge >= 0.3 is 0 Å². The van der Waals surface area contributed by atoms with Crippen LogP contribution in [-0.4, -0.2) is 22.0 Å². The molecule has 1 aliphatic rings. The van der Waals surface area contributed by atoms with E-state index in [0.717, 1.165) is 11.3 Å². The van der Waals surface area contributed by atoms with Crippen molar-refractivity contribution in [1.82, 2.24) is 10.2 Å². The maximum absolute atomic E-state index is 12.1. The fourth-order valence-electron chi connectivity index (χ4n) is 2.35. The molecule has 2 aromatic rings. The smallest absolute Gasteiger partial charge is 0.230 e. The molecule has 0 saturated heterocycles. The number of hydrogen-bond acceptors (Lipinski definition) is 3. The second kappa shape index (κ2) is 6.01. The van der Waals surface area contributed by atoms with Crippen molar-refractivity contribution in [3.63, 3.8) is 0 Å². The molecule has 1 heterocycles. The minimum Gasteiger partial charge on any atom is -0.326 e. The highest BCUT2D eigenvalue weighted by Gasteiger charge is 2.25. The Morgan fingerprint density at radius 3 is 2.77 bits per heavy atom. The predicted octanol–water partition coefficient (Wildman–Crippen LogP) is 2.43. The van der Waals surface area contributed by atoms with Gasteiger partial charge in [0.05, 0.1) is 6.42 Å². The molecule has 0 unspecified atom stereocenters. The molecule has 1 aromatic carbocycles. The third kappa shape index (κ3) is 3.52. The number of carbonyl (C=O) groups is 2. The van der Waals surface area contributed by atoms with Crippen LogP contribution in [0.4, 0.5) is 11.5 Å². The van der Waals surface area contributed by atoms with Crippen LogP contribution in [0.3, 0.4) is 0 Å². The van der Waals surface area contributed by atoms with Crippen molar-refractivity contribution in [3.05, 3.63) is 41.6 Å². The fraction of sp³-hybridized carbons (Fsp3) is 0.312. The molecular formula is C16H18N4O2. The average Bonchev–Trinajstić information content (AvgIpc) is 3.21. The van der Waals surface area contributed by atoms with Crippen LogP contribution in [0, 0.1) is 0 Å². The molecule has 6 nitrogen and oxygen atoms in total. The van der Waals surface area contributed by atoms with Crippen LogP contribution < -0.4 is 10.6 Å². The van der Waals surface area contributed by atoms with E-state index in [9.17, 15) is 9.59 Å². The lowest BCUT2D eigenvalue weighted by molar-refractivity contribution is -0.116. The van der Waals surface area contributed by atoms with Gasteiger partial charge in [-0.2, -0.15) is 5.10 Å². The van der Waals surface area contributed by atoms with Crippen molar-refractivity contribution in [2.75, 3.05) is 10.6 Å². The first-order chi connectivity index (χ1) is 10.6. The summed E-state index contributed by atoms with van der Waals surface area (Å²) in [6, 6.07) is 9.15. The lowest BCUT2D eigenvalue weighted by atomic mass is 10.1.